The molecule has 0 saturated heterocycles. The highest BCUT2D eigenvalue weighted by molar-refractivity contribution is 5.75. The molecule has 0 spiro atoms. The van der Waals surface area contributed by atoms with E-state index in [0.717, 1.165) is 0 Å². The maximum atomic E-state index is 11.4. The number of esters is 1. The van der Waals surface area contributed by atoms with E-state index in [2.05, 4.69) is 15.4 Å². The van der Waals surface area contributed by atoms with Crippen LogP contribution in [0.4, 0.5) is 5.95 Å². The molecule has 0 unspecified atom stereocenters. The molecule has 1 rings (SSSR count). The molecule has 1 aromatic rings. The predicted octanol–water partition coefficient (Wildman–Crippen LogP) is -0.680. The van der Waals surface area contributed by atoms with Crippen LogP contribution in [-0.4, -0.2) is 39.8 Å². The molecule has 0 saturated carbocycles. The number of nitrogens with zero attached hydrogens (tertiary/aromatic N) is 3. The molecule has 1 aromatic heterocycles. The quantitative estimate of drug-likeness (QED) is 0.493. The Balaban J connectivity index is 2.12. The maximum absolute atomic E-state index is 11.4. The van der Waals surface area contributed by atoms with Crippen molar-refractivity contribution in [3.05, 3.63) is 6.33 Å². The Bertz CT molecular complexity index is 404. The minimum absolute atomic E-state index is 0.0591. The van der Waals surface area contributed by atoms with Gasteiger partial charge in [-0.05, 0) is 13.3 Å². The number of hydrogen-bond donors (Lipinski definition) is 2. The molecule has 18 heavy (non-hydrogen) atoms. The van der Waals surface area contributed by atoms with Gasteiger partial charge in [0.25, 0.3) is 0 Å². The van der Waals surface area contributed by atoms with Gasteiger partial charge in [0.15, 0.2) is 0 Å². The van der Waals surface area contributed by atoms with Crippen molar-refractivity contribution < 1.29 is 14.3 Å². The lowest BCUT2D eigenvalue weighted by Crippen LogP contribution is -2.29. The third-order valence-corrected chi connectivity index (χ3v) is 2.04. The van der Waals surface area contributed by atoms with Crippen LogP contribution in [0.5, 0.6) is 0 Å². The smallest absolute Gasteiger partial charge is 0.305 e. The molecule has 1 heterocycles. The van der Waals surface area contributed by atoms with Crippen molar-refractivity contribution in [3.63, 3.8) is 0 Å². The van der Waals surface area contributed by atoms with Crippen molar-refractivity contribution in [1.82, 2.24) is 20.1 Å². The van der Waals surface area contributed by atoms with Gasteiger partial charge in [0.2, 0.25) is 11.9 Å². The Morgan fingerprint density at radius 2 is 2.33 bits per heavy atom. The second-order valence-corrected chi connectivity index (χ2v) is 3.56. The van der Waals surface area contributed by atoms with Gasteiger partial charge in [0.05, 0.1) is 6.61 Å². The number of aromatic nitrogens is 3. The van der Waals surface area contributed by atoms with Crippen LogP contribution in [0, 0.1) is 0 Å². The van der Waals surface area contributed by atoms with Gasteiger partial charge in [-0.25, -0.2) is 9.67 Å². The minimum atomic E-state index is -0.254. The lowest BCUT2D eigenvalue weighted by molar-refractivity contribution is -0.143. The molecule has 0 bridgehead atoms. The Morgan fingerprint density at radius 3 is 2.94 bits per heavy atom. The number of hydrogen-bond acceptors (Lipinski definition) is 6. The SMILES string of the molecule is CCOC(=O)CCCNC(=O)Cn1cnc(N)n1. The lowest BCUT2D eigenvalue weighted by atomic mass is 10.3. The van der Waals surface area contributed by atoms with E-state index in [4.69, 9.17) is 10.5 Å². The minimum Gasteiger partial charge on any atom is -0.466 e. The molecular weight excluding hydrogens is 238 g/mol. The van der Waals surface area contributed by atoms with Gasteiger partial charge < -0.3 is 15.8 Å². The molecule has 0 aliphatic heterocycles. The summed E-state index contributed by atoms with van der Waals surface area (Å²) in [5.74, 6) is -0.329. The van der Waals surface area contributed by atoms with Crippen molar-refractivity contribution in [1.29, 1.82) is 0 Å². The Kier molecular flexibility index (Phi) is 5.62. The maximum Gasteiger partial charge on any atom is 0.305 e. The summed E-state index contributed by atoms with van der Waals surface area (Å²) in [5, 5.41) is 6.44. The first kappa shape index (κ1) is 13.9. The highest BCUT2D eigenvalue weighted by Gasteiger charge is 2.05. The second kappa shape index (κ2) is 7.25. The first-order valence-electron chi connectivity index (χ1n) is 5.69. The van der Waals surface area contributed by atoms with Crippen LogP contribution in [-0.2, 0) is 20.9 Å². The van der Waals surface area contributed by atoms with Gasteiger partial charge in [-0.15, -0.1) is 5.10 Å². The molecule has 0 aliphatic rings. The topological polar surface area (TPSA) is 112 Å². The van der Waals surface area contributed by atoms with Gasteiger partial charge in [-0.3, -0.25) is 9.59 Å². The van der Waals surface area contributed by atoms with Crippen LogP contribution in [0.15, 0.2) is 6.33 Å². The van der Waals surface area contributed by atoms with Gasteiger partial charge in [-0.1, -0.05) is 0 Å². The molecule has 8 nitrogen and oxygen atoms in total. The van der Waals surface area contributed by atoms with Gasteiger partial charge in [-0.2, -0.15) is 0 Å². The molecule has 1 amide bonds. The number of nitrogens with one attached hydrogen (secondary N) is 1. The van der Waals surface area contributed by atoms with E-state index in [1.54, 1.807) is 6.92 Å². The number of rotatable bonds is 7. The van der Waals surface area contributed by atoms with E-state index in [1.807, 2.05) is 0 Å². The number of carbonyl (C=O) groups is 2. The summed E-state index contributed by atoms with van der Waals surface area (Å²) in [4.78, 5) is 26.1. The number of anilines is 1. The summed E-state index contributed by atoms with van der Waals surface area (Å²) in [6.45, 7) is 2.61. The Morgan fingerprint density at radius 1 is 1.56 bits per heavy atom. The fraction of sp³-hybridized carbons (Fsp3) is 0.600. The average molecular weight is 255 g/mol. The Hall–Kier alpha value is -2.12. The third-order valence-electron chi connectivity index (χ3n) is 2.04. The van der Waals surface area contributed by atoms with E-state index in [9.17, 15) is 9.59 Å². The summed E-state index contributed by atoms with van der Waals surface area (Å²) in [5.41, 5.74) is 5.31. The van der Waals surface area contributed by atoms with Gasteiger partial charge in [0, 0.05) is 13.0 Å². The molecule has 0 radical (unpaired) electrons. The number of nitrogens with two attached hydrogens (primary N) is 1. The standard InChI is InChI=1S/C10H17N5O3/c1-2-18-9(17)4-3-5-12-8(16)6-15-7-13-10(11)14-15/h7H,2-6H2,1H3,(H2,11,14)(H,12,16). The molecule has 3 N–H and O–H groups in total. The fourth-order valence-corrected chi connectivity index (χ4v) is 1.28. The number of carbonyl (C=O) groups excluding carboxylic acids is 2. The zero-order valence-electron chi connectivity index (χ0n) is 10.3. The van der Waals surface area contributed by atoms with Crippen molar-refractivity contribution >= 4 is 17.8 Å². The summed E-state index contributed by atoms with van der Waals surface area (Å²) in [6.07, 6.45) is 2.22. The molecule has 8 heteroatoms. The van der Waals surface area contributed by atoms with Crippen molar-refractivity contribution in [2.75, 3.05) is 18.9 Å². The average Bonchev–Trinajstić information content (AvgIpc) is 2.70. The van der Waals surface area contributed by atoms with E-state index < -0.39 is 0 Å². The normalized spacial score (nSPS) is 10.1. The number of nitrogen functional groups attached to an aromatic ring is 1. The fourth-order valence-electron chi connectivity index (χ4n) is 1.28. The lowest BCUT2D eigenvalue weighted by Gasteiger charge is -2.04. The first-order chi connectivity index (χ1) is 8.61. The van der Waals surface area contributed by atoms with Crippen LogP contribution in [0.2, 0.25) is 0 Å². The van der Waals surface area contributed by atoms with E-state index in [0.29, 0.717) is 26.0 Å². The van der Waals surface area contributed by atoms with Crippen molar-refractivity contribution in [3.8, 4) is 0 Å². The second-order valence-electron chi connectivity index (χ2n) is 3.56. The van der Waals surface area contributed by atoms with Crippen LogP contribution in [0.1, 0.15) is 19.8 Å². The summed E-state index contributed by atoms with van der Waals surface area (Å²) >= 11 is 0. The van der Waals surface area contributed by atoms with Crippen molar-refractivity contribution in [2.24, 2.45) is 0 Å². The van der Waals surface area contributed by atoms with Crippen molar-refractivity contribution in [2.45, 2.75) is 26.3 Å². The molecule has 100 valence electrons. The third kappa shape index (κ3) is 5.28. The molecule has 0 atom stereocenters. The predicted molar refractivity (Wildman–Crippen MR) is 63.3 cm³/mol. The van der Waals surface area contributed by atoms with Gasteiger partial charge >= 0.3 is 5.97 Å². The van der Waals surface area contributed by atoms with E-state index >= 15 is 0 Å². The highest BCUT2D eigenvalue weighted by atomic mass is 16.5. The van der Waals surface area contributed by atoms with Gasteiger partial charge in [0.1, 0.15) is 12.9 Å². The largest absolute Gasteiger partial charge is 0.466 e. The summed E-state index contributed by atoms with van der Waals surface area (Å²) in [7, 11) is 0. The highest BCUT2D eigenvalue weighted by Crippen LogP contribution is 1.92. The van der Waals surface area contributed by atoms with Crippen LogP contribution >= 0.6 is 0 Å². The molecule has 0 fully saturated rings. The molecule has 0 aliphatic carbocycles. The monoisotopic (exact) mass is 255 g/mol. The zero-order valence-corrected chi connectivity index (χ0v) is 10.3. The van der Waals surface area contributed by atoms with Crippen LogP contribution in [0.3, 0.4) is 0 Å². The van der Waals surface area contributed by atoms with E-state index in [-0.39, 0.29) is 24.4 Å². The summed E-state index contributed by atoms with van der Waals surface area (Å²) in [6, 6.07) is 0. The molecular formula is C10H17N5O3. The first-order valence-corrected chi connectivity index (χ1v) is 5.69. The van der Waals surface area contributed by atoms with E-state index in [1.165, 1.54) is 11.0 Å². The number of amides is 1. The molecule has 0 aromatic carbocycles. The number of ether oxygens (including phenoxy) is 1. The summed E-state index contributed by atoms with van der Waals surface area (Å²) < 4.78 is 6.10. The van der Waals surface area contributed by atoms with Crippen LogP contribution in [0.25, 0.3) is 0 Å². The Labute approximate surface area is 105 Å². The zero-order chi connectivity index (χ0) is 13.4. The van der Waals surface area contributed by atoms with Crippen LogP contribution < -0.4 is 11.1 Å².